The summed E-state index contributed by atoms with van der Waals surface area (Å²) in [7, 11) is 0. The number of hydrogen-bond donors (Lipinski definition) is 1. The van der Waals surface area contributed by atoms with E-state index < -0.39 is 0 Å². The summed E-state index contributed by atoms with van der Waals surface area (Å²) < 4.78 is 0. The Morgan fingerprint density at radius 1 is 1.67 bits per heavy atom. The van der Waals surface area contributed by atoms with E-state index in [-0.39, 0.29) is 5.91 Å². The first-order chi connectivity index (χ1) is 5.86. The van der Waals surface area contributed by atoms with E-state index >= 15 is 0 Å². The maximum atomic E-state index is 11.3. The number of carbonyl (C=O) groups is 1. The van der Waals surface area contributed by atoms with Crippen LogP contribution in [0.15, 0.2) is 23.2 Å². The van der Waals surface area contributed by atoms with Crippen LogP contribution >= 0.6 is 11.3 Å². The third-order valence-electron chi connectivity index (χ3n) is 1.75. The van der Waals surface area contributed by atoms with Crippen molar-refractivity contribution >= 4 is 22.4 Å². The number of thiazole rings is 1. The minimum absolute atomic E-state index is 0.00352. The molecule has 0 atom stereocenters. The van der Waals surface area contributed by atoms with Gasteiger partial charge in [0.1, 0.15) is 0 Å². The highest BCUT2D eigenvalue weighted by Gasteiger charge is 2.14. The fourth-order valence-corrected chi connectivity index (χ4v) is 1.48. The fourth-order valence-electron chi connectivity index (χ4n) is 0.957. The van der Waals surface area contributed by atoms with E-state index in [2.05, 4.69) is 10.3 Å². The summed E-state index contributed by atoms with van der Waals surface area (Å²) in [6.07, 6.45) is 5.55. The van der Waals surface area contributed by atoms with Gasteiger partial charge in [-0.05, 0) is 12.8 Å². The molecule has 1 aromatic rings. The van der Waals surface area contributed by atoms with Crippen molar-refractivity contribution in [3.8, 4) is 0 Å². The first kappa shape index (κ1) is 7.49. The van der Waals surface area contributed by atoms with E-state index in [1.165, 1.54) is 11.3 Å². The molecule has 1 N–H and O–H groups in total. The van der Waals surface area contributed by atoms with Gasteiger partial charge in [-0.2, -0.15) is 0 Å². The molecule has 1 aliphatic carbocycles. The van der Waals surface area contributed by atoms with Crippen molar-refractivity contribution in [2.24, 2.45) is 0 Å². The van der Waals surface area contributed by atoms with E-state index in [1.807, 2.05) is 11.5 Å². The first-order valence-corrected chi connectivity index (χ1v) is 4.64. The molecule has 2 rings (SSSR count). The third kappa shape index (κ3) is 1.38. The molecule has 0 aromatic carbocycles. The monoisotopic (exact) mass is 180 g/mol. The number of nitrogens with one attached hydrogen (secondary N) is 1. The number of aromatic nitrogens is 1. The van der Waals surface area contributed by atoms with Gasteiger partial charge in [0, 0.05) is 17.2 Å². The molecule has 0 aliphatic heterocycles. The van der Waals surface area contributed by atoms with Crippen molar-refractivity contribution in [2.45, 2.75) is 12.8 Å². The molecule has 12 heavy (non-hydrogen) atoms. The molecule has 1 aromatic heterocycles. The summed E-state index contributed by atoms with van der Waals surface area (Å²) in [5.41, 5.74) is 0.880. The lowest BCUT2D eigenvalue weighted by molar-refractivity contribution is -0.113. The molecule has 3 nitrogen and oxygen atoms in total. The average molecular weight is 180 g/mol. The van der Waals surface area contributed by atoms with E-state index in [9.17, 15) is 4.79 Å². The standard InChI is InChI=1S/C8H8N2OS/c11-7(6-2-1-3-6)10-8-9-4-5-12-8/h2,4-5H,1,3H2,(H,9,10,11). The highest BCUT2D eigenvalue weighted by molar-refractivity contribution is 7.13. The zero-order chi connectivity index (χ0) is 8.39. The number of nitrogens with zero attached hydrogens (tertiary/aromatic N) is 1. The second-order valence-corrected chi connectivity index (χ2v) is 3.45. The fraction of sp³-hybridized carbons (Fsp3) is 0.250. The highest BCUT2D eigenvalue weighted by Crippen LogP contribution is 2.20. The molecule has 0 unspecified atom stereocenters. The van der Waals surface area contributed by atoms with Crippen molar-refractivity contribution in [1.29, 1.82) is 0 Å². The van der Waals surface area contributed by atoms with E-state index in [4.69, 9.17) is 0 Å². The Morgan fingerprint density at radius 3 is 3.00 bits per heavy atom. The van der Waals surface area contributed by atoms with Gasteiger partial charge in [0.25, 0.3) is 5.91 Å². The van der Waals surface area contributed by atoms with Crippen LogP contribution in [-0.4, -0.2) is 10.9 Å². The summed E-state index contributed by atoms with van der Waals surface area (Å²) in [5.74, 6) is -0.00352. The number of rotatable bonds is 2. The van der Waals surface area contributed by atoms with E-state index in [1.54, 1.807) is 6.20 Å². The molecule has 4 heteroatoms. The number of allylic oxidation sites excluding steroid dienone is 1. The number of carbonyl (C=O) groups excluding carboxylic acids is 1. The maximum absolute atomic E-state index is 11.3. The second kappa shape index (κ2) is 3.06. The molecule has 0 radical (unpaired) electrons. The molecule has 0 saturated heterocycles. The Hall–Kier alpha value is -1.16. The molecule has 1 heterocycles. The Bertz CT molecular complexity index is 316. The Morgan fingerprint density at radius 2 is 2.50 bits per heavy atom. The summed E-state index contributed by atoms with van der Waals surface area (Å²) in [6.45, 7) is 0. The molecule has 0 fully saturated rings. The van der Waals surface area contributed by atoms with Crippen LogP contribution in [0.2, 0.25) is 0 Å². The van der Waals surface area contributed by atoms with Crippen LogP contribution in [0.25, 0.3) is 0 Å². The minimum atomic E-state index is -0.00352. The number of hydrogen-bond acceptors (Lipinski definition) is 3. The predicted molar refractivity (Wildman–Crippen MR) is 48.1 cm³/mol. The summed E-state index contributed by atoms with van der Waals surface area (Å²) in [4.78, 5) is 15.2. The molecule has 62 valence electrons. The highest BCUT2D eigenvalue weighted by atomic mass is 32.1. The predicted octanol–water partition coefficient (Wildman–Crippen LogP) is 1.80. The van der Waals surface area contributed by atoms with Gasteiger partial charge in [-0.1, -0.05) is 6.08 Å². The molecule has 1 aliphatic rings. The zero-order valence-corrected chi connectivity index (χ0v) is 7.23. The average Bonchev–Trinajstić information content (AvgIpc) is 2.34. The SMILES string of the molecule is O=C(Nc1nccs1)C1=CCC1. The van der Waals surface area contributed by atoms with Gasteiger partial charge in [-0.3, -0.25) is 10.1 Å². The topological polar surface area (TPSA) is 42.0 Å². The van der Waals surface area contributed by atoms with Gasteiger partial charge in [0.05, 0.1) is 0 Å². The quantitative estimate of drug-likeness (QED) is 0.754. The Labute approximate surface area is 74.1 Å². The molecule has 0 saturated carbocycles. The van der Waals surface area contributed by atoms with Crippen LogP contribution in [-0.2, 0) is 4.79 Å². The van der Waals surface area contributed by atoms with Crippen molar-refractivity contribution in [3.05, 3.63) is 23.2 Å². The largest absolute Gasteiger partial charge is 0.298 e. The van der Waals surface area contributed by atoms with E-state index in [0.717, 1.165) is 18.4 Å². The maximum Gasteiger partial charge on any atom is 0.253 e. The first-order valence-electron chi connectivity index (χ1n) is 3.76. The molecular formula is C8H8N2OS. The summed E-state index contributed by atoms with van der Waals surface area (Å²) in [6, 6.07) is 0. The Kier molecular flexibility index (Phi) is 1.91. The smallest absolute Gasteiger partial charge is 0.253 e. The number of anilines is 1. The van der Waals surface area contributed by atoms with Crippen molar-refractivity contribution in [2.75, 3.05) is 5.32 Å². The van der Waals surface area contributed by atoms with Crippen LogP contribution in [0.5, 0.6) is 0 Å². The lowest BCUT2D eigenvalue weighted by atomic mass is 9.99. The van der Waals surface area contributed by atoms with Crippen molar-refractivity contribution in [1.82, 2.24) is 4.98 Å². The Balaban J connectivity index is 1.99. The van der Waals surface area contributed by atoms with Gasteiger partial charge in [0.15, 0.2) is 5.13 Å². The van der Waals surface area contributed by atoms with E-state index in [0.29, 0.717) is 5.13 Å². The van der Waals surface area contributed by atoms with Crippen LogP contribution in [0, 0.1) is 0 Å². The lowest BCUT2D eigenvalue weighted by Crippen LogP contribution is -2.17. The normalized spacial score (nSPS) is 14.8. The van der Waals surface area contributed by atoms with Gasteiger partial charge in [-0.25, -0.2) is 4.98 Å². The van der Waals surface area contributed by atoms with Crippen molar-refractivity contribution < 1.29 is 4.79 Å². The molecule has 0 bridgehead atoms. The molecule has 1 amide bonds. The summed E-state index contributed by atoms with van der Waals surface area (Å²) >= 11 is 1.43. The third-order valence-corrected chi connectivity index (χ3v) is 2.44. The van der Waals surface area contributed by atoms with Crippen LogP contribution in [0.1, 0.15) is 12.8 Å². The van der Waals surface area contributed by atoms with Crippen LogP contribution in [0.3, 0.4) is 0 Å². The van der Waals surface area contributed by atoms with Crippen LogP contribution < -0.4 is 5.32 Å². The van der Waals surface area contributed by atoms with Crippen molar-refractivity contribution in [3.63, 3.8) is 0 Å². The summed E-state index contributed by atoms with van der Waals surface area (Å²) in [5, 5.41) is 5.24. The second-order valence-electron chi connectivity index (χ2n) is 2.56. The van der Waals surface area contributed by atoms with Gasteiger partial charge in [0.2, 0.25) is 0 Å². The molecular weight excluding hydrogens is 172 g/mol. The van der Waals surface area contributed by atoms with Gasteiger partial charge < -0.3 is 0 Å². The van der Waals surface area contributed by atoms with Crippen LogP contribution in [0.4, 0.5) is 5.13 Å². The minimum Gasteiger partial charge on any atom is -0.298 e. The molecule has 0 spiro atoms. The van der Waals surface area contributed by atoms with Gasteiger partial charge >= 0.3 is 0 Å². The van der Waals surface area contributed by atoms with Gasteiger partial charge in [-0.15, -0.1) is 11.3 Å². The zero-order valence-electron chi connectivity index (χ0n) is 6.41. The lowest BCUT2D eigenvalue weighted by Gasteiger charge is -2.12. The number of amides is 1.